The summed E-state index contributed by atoms with van der Waals surface area (Å²) >= 11 is 0. The minimum atomic E-state index is -4.62. The number of esters is 2. The van der Waals surface area contributed by atoms with Gasteiger partial charge in [-0.3, -0.25) is 18.6 Å². The molecule has 49 heavy (non-hydrogen) atoms. The van der Waals surface area contributed by atoms with Crippen molar-refractivity contribution in [2.75, 3.05) is 26.4 Å². The molecule has 0 aliphatic carbocycles. The molecule has 0 aliphatic heterocycles. The molecule has 3 unspecified atom stereocenters. The molecule has 3 N–H and O–H groups in total. The highest BCUT2D eigenvalue weighted by atomic mass is 31.2. The van der Waals surface area contributed by atoms with Crippen LogP contribution in [0.25, 0.3) is 0 Å². The van der Waals surface area contributed by atoms with Crippen LogP contribution in [0.5, 0.6) is 0 Å². The molecule has 0 amide bonds. The molecule has 0 aromatic rings. The normalized spacial score (nSPS) is 14.6. The number of aliphatic hydroxyl groups excluding tert-OH is 2. The molecule has 11 heteroatoms. The molecule has 0 radical (unpaired) electrons. The average Bonchev–Trinajstić information content (AvgIpc) is 3.09. The molecule has 0 fully saturated rings. The first-order valence-corrected chi connectivity index (χ1v) is 20.1. The summed E-state index contributed by atoms with van der Waals surface area (Å²) in [5.41, 5.74) is 0. The number of carbonyl (C=O) groups is 2. The Hall–Kier alpha value is -2.07. The molecule has 284 valence electrons. The fourth-order valence-corrected chi connectivity index (χ4v) is 5.36. The van der Waals surface area contributed by atoms with E-state index in [2.05, 4.69) is 67.0 Å². The second-order valence-electron chi connectivity index (χ2n) is 12.2. The number of rotatable bonds is 34. The van der Waals surface area contributed by atoms with E-state index in [1.807, 2.05) is 0 Å². The number of unbranched alkanes of at least 4 members (excludes halogenated alkanes) is 12. The number of carbonyl (C=O) groups excluding carboxylic acids is 2. The third-order valence-corrected chi connectivity index (χ3v) is 8.42. The molecule has 0 aromatic heterocycles. The van der Waals surface area contributed by atoms with E-state index in [9.17, 15) is 24.2 Å². The zero-order chi connectivity index (χ0) is 36.3. The second kappa shape index (κ2) is 34.4. The van der Waals surface area contributed by atoms with Crippen molar-refractivity contribution in [1.82, 2.24) is 0 Å². The Morgan fingerprint density at radius 3 is 1.71 bits per heavy atom. The van der Waals surface area contributed by atoms with Crippen LogP contribution in [0, 0.1) is 0 Å². The molecule has 0 bridgehead atoms. The highest BCUT2D eigenvalue weighted by Gasteiger charge is 2.27. The van der Waals surface area contributed by atoms with Gasteiger partial charge in [-0.1, -0.05) is 114 Å². The van der Waals surface area contributed by atoms with Crippen LogP contribution in [0.1, 0.15) is 142 Å². The molecule has 0 aliphatic rings. The summed E-state index contributed by atoms with van der Waals surface area (Å²) in [6.45, 7) is 2.17. The summed E-state index contributed by atoms with van der Waals surface area (Å²) in [6, 6.07) is 0. The quantitative estimate of drug-likeness (QED) is 0.0255. The highest BCUT2D eigenvalue weighted by Crippen LogP contribution is 2.43. The SMILES string of the molecule is CC/C=C\C/C=C\C/C=C\CCCCCCCC(=O)OC(COC(=O)CCCCCCC/C=C\CCCC)COP(=O)(O)OCC(O)CO. The number of ether oxygens (including phenoxy) is 2. The molecule has 0 heterocycles. The minimum absolute atomic E-state index is 0.161. The van der Waals surface area contributed by atoms with Crippen LogP contribution in [0.3, 0.4) is 0 Å². The van der Waals surface area contributed by atoms with Crippen molar-refractivity contribution < 1.29 is 47.8 Å². The van der Waals surface area contributed by atoms with Gasteiger partial charge in [0.25, 0.3) is 0 Å². The van der Waals surface area contributed by atoms with E-state index in [0.29, 0.717) is 12.8 Å². The summed E-state index contributed by atoms with van der Waals surface area (Å²) in [5.74, 6) is -0.962. The smallest absolute Gasteiger partial charge is 0.462 e. The van der Waals surface area contributed by atoms with Gasteiger partial charge in [-0.05, 0) is 64.2 Å². The molecule has 0 saturated heterocycles. The van der Waals surface area contributed by atoms with Crippen LogP contribution >= 0.6 is 7.82 Å². The van der Waals surface area contributed by atoms with Crippen molar-refractivity contribution >= 4 is 19.8 Å². The molecular formula is C38H67O10P. The summed E-state index contributed by atoms with van der Waals surface area (Å²) < 4.78 is 32.5. The Labute approximate surface area is 296 Å². The van der Waals surface area contributed by atoms with E-state index in [0.717, 1.165) is 89.9 Å². The van der Waals surface area contributed by atoms with Crippen molar-refractivity contribution in [3.63, 3.8) is 0 Å². The Bertz CT molecular complexity index is 962. The van der Waals surface area contributed by atoms with Gasteiger partial charge >= 0.3 is 19.8 Å². The van der Waals surface area contributed by atoms with Crippen molar-refractivity contribution in [3.05, 3.63) is 48.6 Å². The van der Waals surface area contributed by atoms with Crippen molar-refractivity contribution in [1.29, 1.82) is 0 Å². The maximum absolute atomic E-state index is 12.5. The molecule has 0 rings (SSSR count). The van der Waals surface area contributed by atoms with Crippen molar-refractivity contribution in [3.8, 4) is 0 Å². The second-order valence-corrected chi connectivity index (χ2v) is 13.7. The van der Waals surface area contributed by atoms with Crippen molar-refractivity contribution in [2.24, 2.45) is 0 Å². The van der Waals surface area contributed by atoms with E-state index >= 15 is 0 Å². The lowest BCUT2D eigenvalue weighted by Gasteiger charge is -2.20. The third kappa shape index (κ3) is 34.2. The van der Waals surface area contributed by atoms with Crippen molar-refractivity contribution in [2.45, 2.75) is 154 Å². The number of hydrogen-bond acceptors (Lipinski definition) is 9. The topological polar surface area (TPSA) is 149 Å². The Balaban J connectivity index is 4.43. The number of phosphoric ester groups is 1. The standard InChI is InChI=1S/C38H67O10P/c1-3-5-7-9-11-13-15-16-17-18-20-22-24-26-28-30-38(42)48-36(34-47-49(43,44)46-32-35(40)31-39)33-45-37(41)29-27-25-23-21-19-14-12-10-8-6-4-2/h5,7,10-13,16-17,35-36,39-40H,3-4,6,8-9,14-15,18-34H2,1-2H3,(H,43,44)/b7-5-,12-10-,13-11-,17-16-. The van der Waals surface area contributed by atoms with E-state index < -0.39 is 51.8 Å². The minimum Gasteiger partial charge on any atom is -0.462 e. The van der Waals surface area contributed by atoms with E-state index in [1.165, 1.54) is 12.8 Å². The third-order valence-electron chi connectivity index (χ3n) is 7.47. The van der Waals surface area contributed by atoms with E-state index in [4.69, 9.17) is 19.1 Å². The van der Waals surface area contributed by atoms with Gasteiger partial charge in [0.1, 0.15) is 12.7 Å². The van der Waals surface area contributed by atoms with Gasteiger partial charge in [0.05, 0.1) is 19.8 Å². The number of aliphatic hydroxyl groups is 2. The van der Waals surface area contributed by atoms with Crippen LogP contribution in [0.4, 0.5) is 0 Å². The Kier molecular flexibility index (Phi) is 32.9. The first-order valence-electron chi connectivity index (χ1n) is 18.6. The van der Waals surface area contributed by atoms with Gasteiger partial charge in [0.15, 0.2) is 6.10 Å². The molecule has 10 nitrogen and oxygen atoms in total. The number of hydrogen-bond donors (Lipinski definition) is 3. The molecular weight excluding hydrogens is 647 g/mol. The molecule has 0 aromatic carbocycles. The van der Waals surface area contributed by atoms with Crippen LogP contribution < -0.4 is 0 Å². The average molecular weight is 715 g/mol. The van der Waals surface area contributed by atoms with Crippen LogP contribution in [0.2, 0.25) is 0 Å². The maximum atomic E-state index is 12.5. The zero-order valence-corrected chi connectivity index (χ0v) is 31.3. The first-order chi connectivity index (χ1) is 23.7. The highest BCUT2D eigenvalue weighted by molar-refractivity contribution is 7.47. The fourth-order valence-electron chi connectivity index (χ4n) is 4.57. The van der Waals surface area contributed by atoms with E-state index in [-0.39, 0.29) is 19.4 Å². The zero-order valence-electron chi connectivity index (χ0n) is 30.4. The number of allylic oxidation sites excluding steroid dienone is 8. The van der Waals surface area contributed by atoms with Crippen LogP contribution in [-0.4, -0.2) is 65.7 Å². The maximum Gasteiger partial charge on any atom is 0.472 e. The molecule has 0 saturated carbocycles. The lowest BCUT2D eigenvalue weighted by Crippen LogP contribution is -2.29. The Morgan fingerprint density at radius 2 is 1.12 bits per heavy atom. The van der Waals surface area contributed by atoms with Gasteiger partial charge in [-0.25, -0.2) is 4.57 Å². The predicted octanol–water partition coefficient (Wildman–Crippen LogP) is 8.99. The van der Waals surface area contributed by atoms with Gasteiger partial charge < -0.3 is 24.6 Å². The van der Waals surface area contributed by atoms with Gasteiger partial charge in [0, 0.05) is 12.8 Å². The summed E-state index contributed by atoms with van der Waals surface area (Å²) in [6.07, 6.45) is 33.7. The first kappa shape index (κ1) is 46.9. The fraction of sp³-hybridized carbons (Fsp3) is 0.737. The van der Waals surface area contributed by atoms with Gasteiger partial charge in [-0.15, -0.1) is 0 Å². The Morgan fingerprint density at radius 1 is 0.633 bits per heavy atom. The lowest BCUT2D eigenvalue weighted by atomic mass is 10.1. The number of phosphoric acid groups is 1. The summed E-state index contributed by atoms with van der Waals surface area (Å²) in [5, 5.41) is 18.3. The monoisotopic (exact) mass is 714 g/mol. The summed E-state index contributed by atoms with van der Waals surface area (Å²) in [4.78, 5) is 34.8. The van der Waals surface area contributed by atoms with Crippen LogP contribution in [-0.2, 0) is 32.7 Å². The van der Waals surface area contributed by atoms with Crippen LogP contribution in [0.15, 0.2) is 48.6 Å². The van der Waals surface area contributed by atoms with Gasteiger partial charge in [-0.2, -0.15) is 0 Å². The lowest BCUT2D eigenvalue weighted by molar-refractivity contribution is -0.161. The molecule has 0 spiro atoms. The summed E-state index contributed by atoms with van der Waals surface area (Å²) in [7, 11) is -4.62. The van der Waals surface area contributed by atoms with Gasteiger partial charge in [0.2, 0.25) is 0 Å². The largest absolute Gasteiger partial charge is 0.472 e. The predicted molar refractivity (Wildman–Crippen MR) is 196 cm³/mol. The van der Waals surface area contributed by atoms with E-state index in [1.54, 1.807) is 0 Å². The molecule has 3 atom stereocenters.